The molecule has 0 unspecified atom stereocenters. The SMILES string of the molecule is CN(C)c1cc(Cl)cc(N(C)C)c1. The first-order chi connectivity index (χ1) is 6.00. The summed E-state index contributed by atoms with van der Waals surface area (Å²) in [4.78, 5) is 4.08. The molecule has 0 radical (unpaired) electrons. The highest BCUT2D eigenvalue weighted by Gasteiger charge is 2.02. The topological polar surface area (TPSA) is 6.48 Å². The third kappa shape index (κ3) is 2.52. The molecule has 0 amide bonds. The summed E-state index contributed by atoms with van der Waals surface area (Å²) < 4.78 is 0. The lowest BCUT2D eigenvalue weighted by atomic mass is 10.2. The normalized spacial score (nSPS) is 9.92. The van der Waals surface area contributed by atoms with E-state index >= 15 is 0 Å². The van der Waals surface area contributed by atoms with Crippen molar-refractivity contribution in [1.82, 2.24) is 0 Å². The third-order valence-electron chi connectivity index (χ3n) is 1.90. The second-order valence-corrected chi connectivity index (χ2v) is 3.89. The summed E-state index contributed by atoms with van der Waals surface area (Å²) in [5.41, 5.74) is 2.24. The highest BCUT2D eigenvalue weighted by Crippen LogP contribution is 2.25. The molecule has 0 aliphatic heterocycles. The first-order valence-corrected chi connectivity index (χ1v) is 4.54. The second kappa shape index (κ2) is 3.88. The van der Waals surface area contributed by atoms with Crippen molar-refractivity contribution in [1.29, 1.82) is 0 Å². The number of rotatable bonds is 2. The van der Waals surface area contributed by atoms with Crippen LogP contribution in [0.1, 0.15) is 0 Å². The van der Waals surface area contributed by atoms with Gasteiger partial charge in [-0.25, -0.2) is 0 Å². The quantitative estimate of drug-likeness (QED) is 0.721. The molecule has 1 aromatic rings. The van der Waals surface area contributed by atoms with E-state index in [0.717, 1.165) is 16.4 Å². The zero-order valence-corrected chi connectivity index (χ0v) is 9.26. The van der Waals surface area contributed by atoms with Crippen LogP contribution in [-0.2, 0) is 0 Å². The van der Waals surface area contributed by atoms with Crippen molar-refractivity contribution in [2.24, 2.45) is 0 Å². The van der Waals surface area contributed by atoms with E-state index in [9.17, 15) is 0 Å². The van der Waals surface area contributed by atoms with Crippen molar-refractivity contribution < 1.29 is 0 Å². The number of hydrogen-bond acceptors (Lipinski definition) is 2. The molecule has 2 nitrogen and oxygen atoms in total. The summed E-state index contributed by atoms with van der Waals surface area (Å²) in [5.74, 6) is 0. The zero-order valence-electron chi connectivity index (χ0n) is 8.50. The van der Waals surface area contributed by atoms with Gasteiger partial charge in [-0.3, -0.25) is 0 Å². The van der Waals surface area contributed by atoms with Gasteiger partial charge in [0, 0.05) is 44.6 Å². The maximum atomic E-state index is 5.98. The average molecular weight is 199 g/mol. The summed E-state index contributed by atoms with van der Waals surface area (Å²) in [6.07, 6.45) is 0. The molecule has 3 heteroatoms. The molecule has 0 heterocycles. The molecule has 0 aromatic heterocycles. The molecule has 1 rings (SSSR count). The van der Waals surface area contributed by atoms with Crippen LogP contribution in [0.4, 0.5) is 11.4 Å². The zero-order chi connectivity index (χ0) is 10.0. The minimum absolute atomic E-state index is 0.773. The lowest BCUT2D eigenvalue weighted by Gasteiger charge is -2.18. The molecule has 0 aliphatic rings. The number of halogens is 1. The highest BCUT2D eigenvalue weighted by molar-refractivity contribution is 6.31. The molecule has 0 N–H and O–H groups in total. The predicted octanol–water partition coefficient (Wildman–Crippen LogP) is 2.47. The Balaban J connectivity index is 3.11. The fourth-order valence-corrected chi connectivity index (χ4v) is 1.30. The molecule has 0 saturated carbocycles. The smallest absolute Gasteiger partial charge is 0.0447 e. The average Bonchev–Trinajstić information content (AvgIpc) is 2.03. The van der Waals surface area contributed by atoms with Gasteiger partial charge in [0.05, 0.1) is 0 Å². The Morgan fingerprint density at radius 1 is 0.846 bits per heavy atom. The summed E-state index contributed by atoms with van der Waals surface area (Å²) in [7, 11) is 8.02. The second-order valence-electron chi connectivity index (χ2n) is 3.46. The largest absolute Gasteiger partial charge is 0.378 e. The first kappa shape index (κ1) is 10.2. The van der Waals surface area contributed by atoms with Crippen LogP contribution in [0.2, 0.25) is 5.02 Å². The summed E-state index contributed by atoms with van der Waals surface area (Å²) in [5, 5.41) is 0.773. The van der Waals surface area contributed by atoms with Crippen LogP contribution in [-0.4, -0.2) is 28.2 Å². The van der Waals surface area contributed by atoms with Gasteiger partial charge in [-0.15, -0.1) is 0 Å². The van der Waals surface area contributed by atoms with Gasteiger partial charge in [0.2, 0.25) is 0 Å². The molecule has 13 heavy (non-hydrogen) atoms. The summed E-state index contributed by atoms with van der Waals surface area (Å²) in [6, 6.07) is 6.01. The molecular weight excluding hydrogens is 184 g/mol. The molecule has 1 aromatic carbocycles. The monoisotopic (exact) mass is 198 g/mol. The van der Waals surface area contributed by atoms with Gasteiger partial charge in [0.15, 0.2) is 0 Å². The molecule has 0 saturated heterocycles. The molecule has 0 spiro atoms. The van der Waals surface area contributed by atoms with Gasteiger partial charge in [0.1, 0.15) is 0 Å². The molecule has 0 fully saturated rings. The van der Waals surface area contributed by atoms with E-state index in [-0.39, 0.29) is 0 Å². The van der Waals surface area contributed by atoms with Gasteiger partial charge < -0.3 is 9.80 Å². The van der Waals surface area contributed by atoms with E-state index in [1.807, 2.05) is 50.1 Å². The maximum Gasteiger partial charge on any atom is 0.0447 e. The summed E-state index contributed by atoms with van der Waals surface area (Å²) in [6.45, 7) is 0. The van der Waals surface area contributed by atoms with Crippen LogP contribution in [0, 0.1) is 0 Å². The predicted molar refractivity (Wildman–Crippen MR) is 60.1 cm³/mol. The number of hydrogen-bond donors (Lipinski definition) is 0. The van der Waals surface area contributed by atoms with Gasteiger partial charge in [-0.2, -0.15) is 0 Å². The van der Waals surface area contributed by atoms with Crippen LogP contribution in [0.3, 0.4) is 0 Å². The van der Waals surface area contributed by atoms with E-state index in [4.69, 9.17) is 11.6 Å². The van der Waals surface area contributed by atoms with E-state index in [2.05, 4.69) is 6.07 Å². The van der Waals surface area contributed by atoms with Crippen LogP contribution in [0.25, 0.3) is 0 Å². The van der Waals surface area contributed by atoms with Crippen LogP contribution >= 0.6 is 11.6 Å². The number of anilines is 2. The van der Waals surface area contributed by atoms with Gasteiger partial charge in [0.25, 0.3) is 0 Å². The maximum absolute atomic E-state index is 5.98. The van der Waals surface area contributed by atoms with Crippen molar-refractivity contribution in [3.63, 3.8) is 0 Å². The van der Waals surface area contributed by atoms with Crippen molar-refractivity contribution in [3.8, 4) is 0 Å². The van der Waals surface area contributed by atoms with E-state index in [0.29, 0.717) is 0 Å². The van der Waals surface area contributed by atoms with Crippen molar-refractivity contribution in [2.45, 2.75) is 0 Å². The molecular formula is C10H15ClN2. The molecule has 0 bridgehead atoms. The molecule has 0 aliphatic carbocycles. The van der Waals surface area contributed by atoms with Crippen molar-refractivity contribution in [2.75, 3.05) is 38.0 Å². The lowest BCUT2D eigenvalue weighted by Crippen LogP contribution is -2.12. The first-order valence-electron chi connectivity index (χ1n) is 4.16. The lowest BCUT2D eigenvalue weighted by molar-refractivity contribution is 1.10. The standard InChI is InChI=1S/C10H15ClN2/c1-12(2)9-5-8(11)6-10(7-9)13(3)4/h5-7H,1-4H3. The Morgan fingerprint density at radius 3 is 1.54 bits per heavy atom. The minimum atomic E-state index is 0.773. The van der Waals surface area contributed by atoms with E-state index in [1.165, 1.54) is 0 Å². The Labute approximate surface area is 84.7 Å². The Hall–Kier alpha value is -0.890. The van der Waals surface area contributed by atoms with Crippen LogP contribution < -0.4 is 9.80 Å². The number of benzene rings is 1. The minimum Gasteiger partial charge on any atom is -0.378 e. The molecule has 0 atom stereocenters. The number of nitrogens with zero attached hydrogens (tertiary/aromatic N) is 2. The Morgan fingerprint density at radius 2 is 1.23 bits per heavy atom. The fraction of sp³-hybridized carbons (Fsp3) is 0.400. The van der Waals surface area contributed by atoms with Crippen LogP contribution in [0.15, 0.2) is 18.2 Å². The fourth-order valence-electron chi connectivity index (χ4n) is 1.08. The Kier molecular flexibility index (Phi) is 3.04. The van der Waals surface area contributed by atoms with Gasteiger partial charge >= 0.3 is 0 Å². The van der Waals surface area contributed by atoms with Crippen LogP contribution in [0.5, 0.6) is 0 Å². The van der Waals surface area contributed by atoms with E-state index < -0.39 is 0 Å². The molecule has 72 valence electrons. The highest BCUT2D eigenvalue weighted by atomic mass is 35.5. The third-order valence-corrected chi connectivity index (χ3v) is 2.12. The van der Waals surface area contributed by atoms with Crippen molar-refractivity contribution >= 4 is 23.0 Å². The van der Waals surface area contributed by atoms with Gasteiger partial charge in [-0.05, 0) is 18.2 Å². The van der Waals surface area contributed by atoms with Gasteiger partial charge in [-0.1, -0.05) is 11.6 Å². The van der Waals surface area contributed by atoms with E-state index in [1.54, 1.807) is 0 Å². The Bertz CT molecular complexity index is 269. The van der Waals surface area contributed by atoms with Crippen molar-refractivity contribution in [3.05, 3.63) is 23.2 Å². The summed E-state index contributed by atoms with van der Waals surface area (Å²) >= 11 is 5.98.